The van der Waals surface area contributed by atoms with Crippen molar-refractivity contribution in [3.63, 3.8) is 0 Å². The molecule has 0 saturated heterocycles. The first-order valence-electron chi connectivity index (χ1n) is 6.98. The number of ether oxygens (including phenoxy) is 1. The Bertz CT molecular complexity index is 571. The van der Waals surface area contributed by atoms with Gasteiger partial charge >= 0.3 is 0 Å². The number of nitrogens with one attached hydrogen (secondary N) is 1. The van der Waals surface area contributed by atoms with E-state index in [0.29, 0.717) is 18.5 Å². The fourth-order valence-electron chi connectivity index (χ4n) is 1.81. The molecule has 0 amide bonds. The molecule has 0 aliphatic heterocycles. The Morgan fingerprint density at radius 2 is 1.86 bits per heavy atom. The minimum Gasteiger partial charge on any atom is -0.491 e. The highest BCUT2D eigenvalue weighted by Gasteiger charge is 2.06. The molecule has 0 spiro atoms. The molecule has 0 radical (unpaired) electrons. The Kier molecular flexibility index (Phi) is 4.92. The number of anilines is 2. The summed E-state index contributed by atoms with van der Waals surface area (Å²) in [7, 11) is 0. The van der Waals surface area contributed by atoms with Crippen LogP contribution >= 0.6 is 0 Å². The van der Waals surface area contributed by atoms with Gasteiger partial charge in [0.15, 0.2) is 0 Å². The summed E-state index contributed by atoms with van der Waals surface area (Å²) in [4.78, 5) is 11.7. The lowest BCUT2D eigenvalue weighted by molar-refractivity contribution is 0.303. The highest BCUT2D eigenvalue weighted by molar-refractivity contribution is 5.31. The summed E-state index contributed by atoms with van der Waals surface area (Å²) in [5, 5.41) is 3.12. The molecule has 1 unspecified atom stereocenters. The second-order valence-electron chi connectivity index (χ2n) is 5.25. The first kappa shape index (κ1) is 15.0. The average Bonchev–Trinajstić information content (AvgIpc) is 2.45. The Morgan fingerprint density at radius 1 is 1.14 bits per heavy atom. The Morgan fingerprint density at radius 3 is 2.48 bits per heavy atom. The highest BCUT2D eigenvalue weighted by atomic mass is 16.5. The summed E-state index contributed by atoms with van der Waals surface area (Å²) in [6.45, 7) is 6.83. The fraction of sp³-hybridized carbons (Fsp3) is 0.400. The summed E-state index contributed by atoms with van der Waals surface area (Å²) in [5.74, 6) is 2.02. The van der Waals surface area contributed by atoms with Crippen molar-refractivity contribution in [3.8, 4) is 5.75 Å². The van der Waals surface area contributed by atoms with Crippen molar-refractivity contribution in [1.29, 1.82) is 0 Å². The van der Waals surface area contributed by atoms with Crippen molar-refractivity contribution < 1.29 is 4.74 Å². The molecule has 0 aliphatic rings. The van der Waals surface area contributed by atoms with Crippen LogP contribution in [-0.4, -0.2) is 27.6 Å². The van der Waals surface area contributed by atoms with E-state index in [4.69, 9.17) is 10.5 Å². The van der Waals surface area contributed by atoms with Crippen molar-refractivity contribution >= 4 is 11.9 Å². The van der Waals surface area contributed by atoms with Crippen LogP contribution in [-0.2, 0) is 0 Å². The summed E-state index contributed by atoms with van der Waals surface area (Å²) in [6, 6.07) is 8.21. The van der Waals surface area contributed by atoms with E-state index in [0.717, 1.165) is 5.75 Å². The van der Waals surface area contributed by atoms with Gasteiger partial charge in [0.2, 0.25) is 11.9 Å². The second kappa shape index (κ2) is 6.88. The van der Waals surface area contributed by atoms with Crippen LogP contribution < -0.4 is 15.8 Å². The Hall–Kier alpha value is -2.37. The molecule has 0 aliphatic carbocycles. The van der Waals surface area contributed by atoms with Crippen molar-refractivity contribution in [2.75, 3.05) is 17.7 Å². The smallest absolute Gasteiger partial charge is 0.227 e. The van der Waals surface area contributed by atoms with Crippen molar-refractivity contribution in [2.45, 2.75) is 32.7 Å². The number of hydrogen-bond donors (Lipinski definition) is 2. The van der Waals surface area contributed by atoms with Crippen LogP contribution in [0.3, 0.4) is 0 Å². The van der Waals surface area contributed by atoms with Crippen LogP contribution in [0.25, 0.3) is 0 Å². The second-order valence-corrected chi connectivity index (χ2v) is 5.25. The largest absolute Gasteiger partial charge is 0.491 e. The van der Waals surface area contributed by atoms with Gasteiger partial charge in [0.25, 0.3) is 0 Å². The van der Waals surface area contributed by atoms with E-state index in [1.165, 1.54) is 11.9 Å². The van der Waals surface area contributed by atoms with Gasteiger partial charge in [-0.2, -0.15) is 4.98 Å². The third-order valence-electron chi connectivity index (χ3n) is 3.01. The number of benzene rings is 1. The summed E-state index contributed by atoms with van der Waals surface area (Å²) < 4.78 is 5.74. The maximum absolute atomic E-state index is 5.74. The number of hydrogen-bond acceptors (Lipinski definition) is 6. The summed E-state index contributed by atoms with van der Waals surface area (Å²) in [6.07, 6.45) is 1.38. The first-order chi connectivity index (χ1) is 10.0. The van der Waals surface area contributed by atoms with E-state index in [1.54, 1.807) is 0 Å². The Balaban J connectivity index is 1.84. The van der Waals surface area contributed by atoms with E-state index in [2.05, 4.69) is 46.2 Å². The van der Waals surface area contributed by atoms with Crippen LogP contribution in [0.15, 0.2) is 30.6 Å². The number of nitrogens with zero attached hydrogens (tertiary/aromatic N) is 3. The lowest BCUT2D eigenvalue weighted by atomic mass is 10.0. The zero-order valence-electron chi connectivity index (χ0n) is 12.6. The molecule has 2 rings (SSSR count). The van der Waals surface area contributed by atoms with E-state index in [1.807, 2.05) is 19.1 Å². The molecular formula is C15H21N5O. The summed E-state index contributed by atoms with van der Waals surface area (Å²) >= 11 is 0. The zero-order chi connectivity index (χ0) is 15.2. The third kappa shape index (κ3) is 4.59. The standard InChI is InChI=1S/C15H21N5O/c1-10(2)12-4-6-13(7-5-12)21-8-11(3)19-15-18-9-17-14(16)20-15/h4-7,9-11H,8H2,1-3H3,(H3,16,17,18,19,20). The van der Waals surface area contributed by atoms with Crippen molar-refractivity contribution in [3.05, 3.63) is 36.2 Å². The molecular weight excluding hydrogens is 266 g/mol. The SMILES string of the molecule is CC(COc1ccc(C(C)C)cc1)Nc1ncnc(N)n1. The average molecular weight is 287 g/mol. The van der Waals surface area contributed by atoms with E-state index in [-0.39, 0.29) is 12.0 Å². The lowest BCUT2D eigenvalue weighted by Crippen LogP contribution is -2.24. The molecule has 2 aromatic rings. The van der Waals surface area contributed by atoms with Gasteiger partial charge in [0.1, 0.15) is 18.7 Å². The predicted molar refractivity (Wildman–Crippen MR) is 83.4 cm³/mol. The normalized spacial score (nSPS) is 12.2. The first-order valence-corrected chi connectivity index (χ1v) is 6.98. The molecule has 0 bridgehead atoms. The molecule has 6 heteroatoms. The molecule has 1 heterocycles. The molecule has 21 heavy (non-hydrogen) atoms. The third-order valence-corrected chi connectivity index (χ3v) is 3.01. The van der Waals surface area contributed by atoms with Crippen LogP contribution in [0.4, 0.5) is 11.9 Å². The van der Waals surface area contributed by atoms with Gasteiger partial charge in [-0.05, 0) is 30.5 Å². The zero-order valence-corrected chi connectivity index (χ0v) is 12.6. The minimum absolute atomic E-state index is 0.0524. The molecule has 1 aromatic carbocycles. The Labute approximate surface area is 124 Å². The van der Waals surface area contributed by atoms with E-state index >= 15 is 0 Å². The van der Waals surface area contributed by atoms with E-state index in [9.17, 15) is 0 Å². The van der Waals surface area contributed by atoms with Crippen LogP contribution in [0.5, 0.6) is 5.75 Å². The van der Waals surface area contributed by atoms with Gasteiger partial charge in [0, 0.05) is 0 Å². The number of nitrogens with two attached hydrogens (primary N) is 1. The van der Waals surface area contributed by atoms with Gasteiger partial charge in [-0.25, -0.2) is 9.97 Å². The van der Waals surface area contributed by atoms with Gasteiger partial charge in [-0.1, -0.05) is 26.0 Å². The van der Waals surface area contributed by atoms with Crippen LogP contribution in [0.1, 0.15) is 32.3 Å². The highest BCUT2D eigenvalue weighted by Crippen LogP contribution is 2.18. The number of nitrogen functional groups attached to an aromatic ring is 1. The van der Waals surface area contributed by atoms with Crippen LogP contribution in [0, 0.1) is 0 Å². The van der Waals surface area contributed by atoms with Crippen LogP contribution in [0.2, 0.25) is 0 Å². The minimum atomic E-state index is 0.0524. The molecule has 6 nitrogen and oxygen atoms in total. The van der Waals surface area contributed by atoms with Gasteiger partial charge < -0.3 is 15.8 Å². The monoisotopic (exact) mass is 287 g/mol. The maximum Gasteiger partial charge on any atom is 0.227 e. The van der Waals surface area contributed by atoms with E-state index < -0.39 is 0 Å². The molecule has 0 fully saturated rings. The van der Waals surface area contributed by atoms with Crippen molar-refractivity contribution in [1.82, 2.24) is 15.0 Å². The van der Waals surface area contributed by atoms with Crippen molar-refractivity contribution in [2.24, 2.45) is 0 Å². The fourth-order valence-corrected chi connectivity index (χ4v) is 1.81. The van der Waals surface area contributed by atoms with Gasteiger partial charge in [0.05, 0.1) is 6.04 Å². The number of aromatic nitrogens is 3. The summed E-state index contributed by atoms with van der Waals surface area (Å²) in [5.41, 5.74) is 6.80. The lowest BCUT2D eigenvalue weighted by Gasteiger charge is -2.15. The van der Waals surface area contributed by atoms with Gasteiger partial charge in [-0.3, -0.25) is 0 Å². The topological polar surface area (TPSA) is 86.0 Å². The molecule has 3 N–H and O–H groups in total. The molecule has 112 valence electrons. The number of rotatable bonds is 6. The van der Waals surface area contributed by atoms with Gasteiger partial charge in [-0.15, -0.1) is 0 Å². The molecule has 0 saturated carbocycles. The maximum atomic E-state index is 5.74. The molecule has 1 atom stereocenters. The quantitative estimate of drug-likeness (QED) is 0.848. The predicted octanol–water partition coefficient (Wildman–Crippen LogP) is 2.46. The molecule has 1 aromatic heterocycles.